The molecular formula is C28H21BrF3NO5. The van der Waals surface area contributed by atoms with Gasteiger partial charge in [-0.1, -0.05) is 27.8 Å². The molecule has 0 atom stereocenters. The van der Waals surface area contributed by atoms with Gasteiger partial charge in [0.05, 0.1) is 11.1 Å². The molecule has 10 heteroatoms. The number of hydrogen-bond donors (Lipinski definition) is 2. The predicted molar refractivity (Wildman–Crippen MR) is 137 cm³/mol. The highest BCUT2D eigenvalue weighted by Crippen LogP contribution is 2.26. The molecule has 3 aromatic rings. The number of carbonyl (C=O) groups excluding carboxylic acids is 2. The fourth-order valence-corrected chi connectivity index (χ4v) is 3.63. The molecule has 3 rings (SSSR count). The van der Waals surface area contributed by atoms with Gasteiger partial charge in [0.15, 0.2) is 12.4 Å². The zero-order valence-electron chi connectivity index (χ0n) is 20.4. The van der Waals surface area contributed by atoms with Crippen LogP contribution in [-0.2, 0) is 9.59 Å². The minimum Gasteiger partial charge on any atom is -0.483 e. The largest absolute Gasteiger partial charge is 0.483 e. The molecule has 3 aromatic carbocycles. The molecule has 38 heavy (non-hydrogen) atoms. The van der Waals surface area contributed by atoms with E-state index in [-0.39, 0.29) is 33.7 Å². The number of carboxylic acids is 1. The molecule has 0 saturated carbocycles. The van der Waals surface area contributed by atoms with Crippen molar-refractivity contribution in [3.8, 4) is 17.6 Å². The zero-order valence-corrected chi connectivity index (χ0v) is 22.0. The first-order valence-corrected chi connectivity index (χ1v) is 11.9. The maximum Gasteiger partial charge on any atom is 0.321 e. The number of carboxylic acid groups (broad SMARTS) is 1. The Bertz CT molecular complexity index is 1490. The Morgan fingerprint density at radius 1 is 1.03 bits per heavy atom. The average Bonchev–Trinajstić information content (AvgIpc) is 2.84. The third-order valence-electron chi connectivity index (χ3n) is 5.37. The van der Waals surface area contributed by atoms with E-state index < -0.39 is 47.1 Å². The summed E-state index contributed by atoms with van der Waals surface area (Å²) in [6.45, 7) is 3.58. The van der Waals surface area contributed by atoms with Crippen LogP contribution in [-0.4, -0.2) is 29.4 Å². The molecule has 0 saturated heterocycles. The van der Waals surface area contributed by atoms with Crippen molar-refractivity contribution in [1.29, 1.82) is 0 Å². The third kappa shape index (κ3) is 6.81. The van der Waals surface area contributed by atoms with E-state index in [2.05, 4.69) is 33.1 Å². The number of nitrogens with one attached hydrogen (secondary N) is 1. The summed E-state index contributed by atoms with van der Waals surface area (Å²) in [4.78, 5) is 36.6. The molecule has 0 radical (unpaired) electrons. The summed E-state index contributed by atoms with van der Waals surface area (Å²) >= 11 is 3.10. The van der Waals surface area contributed by atoms with Gasteiger partial charge >= 0.3 is 5.97 Å². The quantitative estimate of drug-likeness (QED) is 0.266. The Morgan fingerprint density at radius 2 is 1.74 bits per heavy atom. The number of hydrogen-bond acceptors (Lipinski definition) is 4. The first-order valence-electron chi connectivity index (χ1n) is 11.1. The van der Waals surface area contributed by atoms with Crippen molar-refractivity contribution in [2.75, 3.05) is 11.9 Å². The molecule has 0 aromatic heterocycles. The molecule has 0 spiro atoms. The SMILES string of the molecule is Cc1c(NC(=O)COc2ccc(F)cc2C(=O)c2cc(F)cc(Br)c2)ccc(C#CC(C)(C)C(=O)O)c1F. The molecule has 0 aliphatic rings. The second-order valence-electron chi connectivity index (χ2n) is 8.74. The van der Waals surface area contributed by atoms with E-state index in [9.17, 15) is 27.6 Å². The van der Waals surface area contributed by atoms with Gasteiger partial charge in [0, 0.05) is 21.3 Å². The number of carbonyl (C=O) groups is 3. The lowest BCUT2D eigenvalue weighted by molar-refractivity contribution is -0.143. The molecule has 0 aliphatic heterocycles. The lowest BCUT2D eigenvalue weighted by atomic mass is 9.94. The van der Waals surface area contributed by atoms with Crippen LogP contribution in [0.15, 0.2) is 53.0 Å². The molecule has 0 aliphatic carbocycles. The summed E-state index contributed by atoms with van der Waals surface area (Å²) < 4.78 is 48.2. The molecule has 0 heterocycles. The fourth-order valence-electron chi connectivity index (χ4n) is 3.17. The van der Waals surface area contributed by atoms with Crippen molar-refractivity contribution in [3.05, 3.63) is 92.7 Å². The maximum atomic E-state index is 14.8. The van der Waals surface area contributed by atoms with Gasteiger partial charge in [-0.2, -0.15) is 0 Å². The average molecular weight is 588 g/mol. The van der Waals surface area contributed by atoms with Gasteiger partial charge in [0.2, 0.25) is 0 Å². The van der Waals surface area contributed by atoms with E-state index in [1.165, 1.54) is 45.0 Å². The van der Waals surface area contributed by atoms with Crippen LogP contribution in [0.4, 0.5) is 18.9 Å². The van der Waals surface area contributed by atoms with E-state index >= 15 is 0 Å². The van der Waals surface area contributed by atoms with Crippen LogP contribution < -0.4 is 10.1 Å². The van der Waals surface area contributed by atoms with Gasteiger partial charge in [0.25, 0.3) is 5.91 Å². The smallest absolute Gasteiger partial charge is 0.321 e. The Labute approximate surface area is 225 Å². The topological polar surface area (TPSA) is 92.7 Å². The monoisotopic (exact) mass is 587 g/mol. The molecule has 6 nitrogen and oxygen atoms in total. The summed E-state index contributed by atoms with van der Waals surface area (Å²) in [5.41, 5.74) is -1.50. The number of anilines is 1. The fraction of sp³-hybridized carbons (Fsp3) is 0.179. The predicted octanol–water partition coefficient (Wildman–Crippen LogP) is 5.89. The van der Waals surface area contributed by atoms with Gasteiger partial charge in [-0.15, -0.1) is 0 Å². The molecule has 2 N–H and O–H groups in total. The Balaban J connectivity index is 1.76. The van der Waals surface area contributed by atoms with Crippen molar-refractivity contribution in [3.63, 3.8) is 0 Å². The number of aliphatic carboxylic acids is 1. The highest BCUT2D eigenvalue weighted by molar-refractivity contribution is 9.10. The summed E-state index contributed by atoms with van der Waals surface area (Å²) in [6, 6.07) is 9.34. The summed E-state index contributed by atoms with van der Waals surface area (Å²) in [5, 5.41) is 11.6. The number of ether oxygens (including phenoxy) is 1. The number of halogens is 4. The van der Waals surface area contributed by atoms with Gasteiger partial charge in [0.1, 0.15) is 28.6 Å². The van der Waals surface area contributed by atoms with E-state index in [0.29, 0.717) is 4.47 Å². The van der Waals surface area contributed by atoms with Gasteiger partial charge < -0.3 is 15.2 Å². The van der Waals surface area contributed by atoms with Crippen molar-refractivity contribution >= 4 is 39.3 Å². The Kier molecular flexibility index (Phi) is 8.63. The molecule has 196 valence electrons. The van der Waals surface area contributed by atoms with Gasteiger partial charge in [-0.25, -0.2) is 13.2 Å². The normalized spacial score (nSPS) is 10.8. The number of rotatable bonds is 7. The first kappa shape index (κ1) is 28.5. The molecule has 1 amide bonds. The highest BCUT2D eigenvalue weighted by Gasteiger charge is 2.24. The van der Waals surface area contributed by atoms with Crippen molar-refractivity contribution in [1.82, 2.24) is 0 Å². The van der Waals surface area contributed by atoms with Crippen LogP contribution in [0, 0.1) is 41.6 Å². The molecule has 0 fully saturated rings. The Hall–Kier alpha value is -4.10. The lowest BCUT2D eigenvalue weighted by Crippen LogP contribution is -2.22. The van der Waals surface area contributed by atoms with Crippen LogP contribution in [0.25, 0.3) is 0 Å². The van der Waals surface area contributed by atoms with Crippen molar-refractivity contribution < 1.29 is 37.4 Å². The minimum absolute atomic E-state index is 0.0375. The van der Waals surface area contributed by atoms with Gasteiger partial charge in [-0.05, 0) is 69.3 Å². The van der Waals surface area contributed by atoms with Crippen LogP contribution in [0.1, 0.15) is 40.9 Å². The van der Waals surface area contributed by atoms with Crippen LogP contribution in [0.3, 0.4) is 0 Å². The molecular weight excluding hydrogens is 567 g/mol. The highest BCUT2D eigenvalue weighted by atomic mass is 79.9. The maximum absolute atomic E-state index is 14.8. The second-order valence-corrected chi connectivity index (χ2v) is 9.66. The van der Waals surface area contributed by atoms with Crippen molar-refractivity contribution in [2.24, 2.45) is 5.41 Å². The number of ketones is 1. The standard InChI is InChI=1S/C28H21BrF3NO5/c1-15-22(6-4-16(25(15)32)8-9-28(2,3)27(36)37)33-24(34)14-38-23-7-5-19(30)13-21(23)26(35)17-10-18(29)12-20(31)11-17/h4-7,10-13H,14H2,1-3H3,(H,33,34)(H,36,37). The number of amides is 1. The summed E-state index contributed by atoms with van der Waals surface area (Å²) in [7, 11) is 0. The van der Waals surface area contributed by atoms with E-state index in [0.717, 1.165) is 24.3 Å². The van der Waals surface area contributed by atoms with Crippen LogP contribution in [0.2, 0.25) is 0 Å². The molecule has 0 unspecified atom stereocenters. The van der Waals surface area contributed by atoms with E-state index in [1.54, 1.807) is 0 Å². The van der Waals surface area contributed by atoms with Crippen LogP contribution >= 0.6 is 15.9 Å². The lowest BCUT2D eigenvalue weighted by Gasteiger charge is -2.13. The molecule has 0 bridgehead atoms. The number of benzene rings is 3. The van der Waals surface area contributed by atoms with E-state index in [1.807, 2.05) is 0 Å². The van der Waals surface area contributed by atoms with E-state index in [4.69, 9.17) is 9.84 Å². The minimum atomic E-state index is -1.38. The van der Waals surface area contributed by atoms with Crippen molar-refractivity contribution in [2.45, 2.75) is 20.8 Å². The summed E-state index contributed by atoms with van der Waals surface area (Å²) in [5.74, 6) is 0.192. The first-order chi connectivity index (χ1) is 17.8. The van der Waals surface area contributed by atoms with Gasteiger partial charge in [-0.3, -0.25) is 14.4 Å². The third-order valence-corrected chi connectivity index (χ3v) is 5.83. The summed E-state index contributed by atoms with van der Waals surface area (Å²) in [6.07, 6.45) is 0. The Morgan fingerprint density at radius 3 is 2.39 bits per heavy atom. The second kappa shape index (κ2) is 11.5. The zero-order chi connectivity index (χ0) is 28.2. The van der Waals surface area contributed by atoms with Crippen LogP contribution in [0.5, 0.6) is 5.75 Å².